The highest BCUT2D eigenvalue weighted by Crippen LogP contribution is 2.16. The second-order valence-corrected chi connectivity index (χ2v) is 19.6. The van der Waals surface area contributed by atoms with Gasteiger partial charge in [0.2, 0.25) is 0 Å². The maximum Gasteiger partial charge on any atom is 0.306 e. The number of unbranched alkanes of at least 4 members (excludes halogenated alkanes) is 31. The van der Waals surface area contributed by atoms with Gasteiger partial charge in [-0.25, -0.2) is 0 Å². The largest absolute Gasteiger partial charge is 0.462 e. The standard InChI is InChI=1S/C63H110O6/c1-4-7-10-13-16-19-22-25-28-30-32-34-35-38-41-44-47-50-53-56-62(65)68-59-60(58-67-61(64)55-52-49-46-43-40-37-27-24-21-18-15-12-9-6-3)69-63(66)57-54-51-48-45-42-39-36-33-31-29-26-23-20-17-14-11-8-5-2/h7,10,16,19,25,28-29,31-34,36,60H,4-6,8-9,11-15,17-18,20-24,26-27,30,35,37-59H2,1-3H3/b10-7-,19-16-,28-25-,31-29-,34-32-,36-33-. The second kappa shape index (κ2) is 57.4. The molecule has 0 aliphatic carbocycles. The Labute approximate surface area is 427 Å². The van der Waals surface area contributed by atoms with Crippen LogP contribution in [0.4, 0.5) is 0 Å². The van der Waals surface area contributed by atoms with Crippen LogP contribution in [0.1, 0.15) is 290 Å². The number of hydrogen-bond acceptors (Lipinski definition) is 6. The van der Waals surface area contributed by atoms with Crippen LogP contribution in [0, 0.1) is 0 Å². The van der Waals surface area contributed by atoms with Crippen molar-refractivity contribution in [3.63, 3.8) is 0 Å². The molecule has 0 bridgehead atoms. The van der Waals surface area contributed by atoms with Crippen molar-refractivity contribution in [2.75, 3.05) is 13.2 Å². The van der Waals surface area contributed by atoms with E-state index in [1.807, 2.05) is 0 Å². The number of hydrogen-bond donors (Lipinski definition) is 0. The molecule has 0 fully saturated rings. The number of esters is 3. The molecular weight excluding hydrogens is 853 g/mol. The Balaban J connectivity index is 4.42. The minimum Gasteiger partial charge on any atom is -0.462 e. The fourth-order valence-electron chi connectivity index (χ4n) is 8.31. The summed E-state index contributed by atoms with van der Waals surface area (Å²) >= 11 is 0. The van der Waals surface area contributed by atoms with Gasteiger partial charge in [-0.2, -0.15) is 0 Å². The quantitative estimate of drug-likeness (QED) is 0.0199. The summed E-state index contributed by atoms with van der Waals surface area (Å²) in [7, 11) is 0. The van der Waals surface area contributed by atoms with Crippen LogP contribution in [0.3, 0.4) is 0 Å². The van der Waals surface area contributed by atoms with Gasteiger partial charge in [-0.3, -0.25) is 14.4 Å². The molecule has 398 valence electrons. The lowest BCUT2D eigenvalue weighted by atomic mass is 10.0. The molecule has 0 saturated heterocycles. The average molecular weight is 964 g/mol. The summed E-state index contributed by atoms with van der Waals surface area (Å²) in [6.45, 7) is 6.52. The Kier molecular flexibility index (Phi) is 54.8. The molecule has 0 rings (SSSR count). The first-order valence-electron chi connectivity index (χ1n) is 29.5. The van der Waals surface area contributed by atoms with Crippen LogP contribution in [0.2, 0.25) is 0 Å². The molecule has 1 unspecified atom stereocenters. The average Bonchev–Trinajstić information content (AvgIpc) is 3.35. The summed E-state index contributed by atoms with van der Waals surface area (Å²) in [6.07, 6.45) is 73.2. The highest BCUT2D eigenvalue weighted by atomic mass is 16.6. The molecule has 6 heteroatoms. The van der Waals surface area contributed by atoms with Crippen LogP contribution < -0.4 is 0 Å². The van der Waals surface area contributed by atoms with Gasteiger partial charge >= 0.3 is 17.9 Å². The minimum atomic E-state index is -0.789. The highest BCUT2D eigenvalue weighted by Gasteiger charge is 2.19. The summed E-state index contributed by atoms with van der Waals surface area (Å²) in [5.41, 5.74) is 0. The Hall–Kier alpha value is -3.15. The second-order valence-electron chi connectivity index (χ2n) is 19.6. The van der Waals surface area contributed by atoms with E-state index in [-0.39, 0.29) is 31.1 Å². The topological polar surface area (TPSA) is 78.9 Å². The van der Waals surface area contributed by atoms with Gasteiger partial charge in [0.1, 0.15) is 13.2 Å². The highest BCUT2D eigenvalue weighted by molar-refractivity contribution is 5.71. The molecule has 0 aliphatic heterocycles. The molecule has 0 aliphatic rings. The summed E-state index contributed by atoms with van der Waals surface area (Å²) in [5.74, 6) is -0.903. The van der Waals surface area contributed by atoms with Crippen LogP contribution in [0.15, 0.2) is 72.9 Å². The monoisotopic (exact) mass is 963 g/mol. The van der Waals surface area contributed by atoms with Crippen LogP contribution in [-0.4, -0.2) is 37.2 Å². The zero-order valence-corrected chi connectivity index (χ0v) is 45.6. The van der Waals surface area contributed by atoms with Crippen LogP contribution in [-0.2, 0) is 28.6 Å². The first kappa shape index (κ1) is 65.8. The summed E-state index contributed by atoms with van der Waals surface area (Å²) in [6, 6.07) is 0. The molecule has 69 heavy (non-hydrogen) atoms. The van der Waals surface area contributed by atoms with E-state index in [0.717, 1.165) is 109 Å². The Bertz CT molecular complexity index is 1290. The van der Waals surface area contributed by atoms with Gasteiger partial charge in [0.05, 0.1) is 0 Å². The van der Waals surface area contributed by atoms with E-state index in [9.17, 15) is 14.4 Å². The molecule has 0 aromatic carbocycles. The molecule has 0 N–H and O–H groups in total. The third-order valence-corrected chi connectivity index (χ3v) is 12.7. The summed E-state index contributed by atoms with van der Waals surface area (Å²) in [5, 5.41) is 0. The van der Waals surface area contributed by atoms with Gasteiger partial charge in [-0.05, 0) is 83.5 Å². The lowest BCUT2D eigenvalue weighted by Crippen LogP contribution is -2.30. The zero-order chi connectivity index (χ0) is 50.0. The first-order chi connectivity index (χ1) is 34.0. The maximum atomic E-state index is 12.9. The molecule has 0 amide bonds. The van der Waals surface area contributed by atoms with E-state index in [0.29, 0.717) is 19.3 Å². The Morgan fingerprint density at radius 3 is 0.971 bits per heavy atom. The molecule has 6 nitrogen and oxygen atoms in total. The van der Waals surface area contributed by atoms with Gasteiger partial charge in [0, 0.05) is 19.3 Å². The van der Waals surface area contributed by atoms with Crippen molar-refractivity contribution in [1.29, 1.82) is 0 Å². The lowest BCUT2D eigenvalue weighted by Gasteiger charge is -2.18. The summed E-state index contributed by atoms with van der Waals surface area (Å²) in [4.78, 5) is 38.2. The summed E-state index contributed by atoms with van der Waals surface area (Å²) < 4.78 is 16.9. The third kappa shape index (κ3) is 55.6. The fraction of sp³-hybridized carbons (Fsp3) is 0.762. The predicted octanol–water partition coefficient (Wildman–Crippen LogP) is 19.8. The van der Waals surface area contributed by atoms with Gasteiger partial charge in [0.25, 0.3) is 0 Å². The van der Waals surface area contributed by atoms with Gasteiger partial charge in [-0.1, -0.05) is 261 Å². The van der Waals surface area contributed by atoms with E-state index in [2.05, 4.69) is 93.7 Å². The zero-order valence-electron chi connectivity index (χ0n) is 45.6. The predicted molar refractivity (Wildman–Crippen MR) is 298 cm³/mol. The molecule has 0 aromatic rings. The number of allylic oxidation sites excluding steroid dienone is 12. The number of carbonyl (C=O) groups is 3. The molecular formula is C63H110O6. The number of carbonyl (C=O) groups excluding carboxylic acids is 3. The number of ether oxygens (including phenoxy) is 3. The van der Waals surface area contributed by atoms with Crippen LogP contribution >= 0.6 is 0 Å². The Morgan fingerprint density at radius 2 is 0.609 bits per heavy atom. The minimum absolute atomic E-state index is 0.0841. The third-order valence-electron chi connectivity index (χ3n) is 12.7. The Morgan fingerprint density at radius 1 is 0.319 bits per heavy atom. The smallest absolute Gasteiger partial charge is 0.306 e. The molecule has 0 saturated carbocycles. The van der Waals surface area contributed by atoms with Gasteiger partial charge in [0.15, 0.2) is 6.10 Å². The van der Waals surface area contributed by atoms with Crippen molar-refractivity contribution < 1.29 is 28.6 Å². The van der Waals surface area contributed by atoms with Crippen LogP contribution in [0.25, 0.3) is 0 Å². The van der Waals surface area contributed by atoms with Crippen molar-refractivity contribution in [3.05, 3.63) is 72.9 Å². The molecule has 0 heterocycles. The van der Waals surface area contributed by atoms with Crippen molar-refractivity contribution >= 4 is 17.9 Å². The van der Waals surface area contributed by atoms with Gasteiger partial charge < -0.3 is 14.2 Å². The van der Waals surface area contributed by atoms with Crippen LogP contribution in [0.5, 0.6) is 0 Å². The SMILES string of the molecule is CC/C=C\C/C=C\C/C=C\C/C=C\CCCCCCCCC(=O)OCC(COC(=O)CCCCCCCCCCCCCCCC)OC(=O)CCCCCCC/C=C\C=C/CCCCCCCCC. The van der Waals surface area contributed by atoms with E-state index < -0.39 is 6.10 Å². The van der Waals surface area contributed by atoms with E-state index in [1.54, 1.807) is 0 Å². The van der Waals surface area contributed by atoms with Crippen molar-refractivity contribution in [2.45, 2.75) is 297 Å². The fourth-order valence-corrected chi connectivity index (χ4v) is 8.31. The van der Waals surface area contributed by atoms with Crippen molar-refractivity contribution in [2.24, 2.45) is 0 Å². The van der Waals surface area contributed by atoms with Crippen molar-refractivity contribution in [1.82, 2.24) is 0 Å². The molecule has 1 atom stereocenters. The molecule has 0 aromatic heterocycles. The van der Waals surface area contributed by atoms with E-state index in [4.69, 9.17) is 14.2 Å². The molecule has 0 spiro atoms. The van der Waals surface area contributed by atoms with Crippen molar-refractivity contribution in [3.8, 4) is 0 Å². The first-order valence-corrected chi connectivity index (χ1v) is 29.5. The number of rotatable bonds is 53. The lowest BCUT2D eigenvalue weighted by molar-refractivity contribution is -0.167. The van der Waals surface area contributed by atoms with E-state index in [1.165, 1.54) is 141 Å². The van der Waals surface area contributed by atoms with Gasteiger partial charge in [-0.15, -0.1) is 0 Å². The van der Waals surface area contributed by atoms with E-state index >= 15 is 0 Å². The molecule has 0 radical (unpaired) electrons. The normalized spacial score (nSPS) is 12.6. The maximum absolute atomic E-state index is 12.9.